The molecule has 0 bridgehead atoms. The number of sulfonamides is 1. The number of nitrogens with two attached hydrogens (primary N) is 1. The molecule has 1 fully saturated rings. The van der Waals surface area contributed by atoms with Crippen molar-refractivity contribution in [2.24, 2.45) is 5.14 Å². The highest BCUT2D eigenvalue weighted by Crippen LogP contribution is 2.31. The zero-order chi connectivity index (χ0) is 16.2. The number of aliphatic hydroxyl groups is 1. The third-order valence-electron chi connectivity index (χ3n) is 3.88. The van der Waals surface area contributed by atoms with Crippen LogP contribution in [0.2, 0.25) is 0 Å². The van der Waals surface area contributed by atoms with Crippen molar-refractivity contribution < 1.29 is 18.3 Å². The highest BCUT2D eigenvalue weighted by atomic mass is 32.2. The van der Waals surface area contributed by atoms with Gasteiger partial charge in [0.05, 0.1) is 17.8 Å². The molecule has 1 amide bonds. The highest BCUT2D eigenvalue weighted by Gasteiger charge is 2.31. The van der Waals surface area contributed by atoms with E-state index >= 15 is 0 Å². The number of carbonyl (C=O) groups excluding carboxylic acids is 1. The van der Waals surface area contributed by atoms with E-state index < -0.39 is 15.6 Å². The monoisotopic (exact) mass is 326 g/mol. The van der Waals surface area contributed by atoms with E-state index in [-0.39, 0.29) is 18.1 Å². The van der Waals surface area contributed by atoms with Crippen molar-refractivity contribution in [2.75, 3.05) is 5.32 Å². The molecule has 1 aromatic rings. The molecule has 22 heavy (non-hydrogen) atoms. The second kappa shape index (κ2) is 6.76. The molecule has 0 heterocycles. The summed E-state index contributed by atoms with van der Waals surface area (Å²) >= 11 is 0. The summed E-state index contributed by atoms with van der Waals surface area (Å²) in [5.74, 6) is -0.468. The summed E-state index contributed by atoms with van der Waals surface area (Å²) in [4.78, 5) is 12.0. The van der Waals surface area contributed by atoms with Gasteiger partial charge in [-0.25, -0.2) is 13.6 Å². The zero-order valence-corrected chi connectivity index (χ0v) is 13.2. The molecular weight excluding hydrogens is 304 g/mol. The average Bonchev–Trinajstić information content (AvgIpc) is 2.39. The largest absolute Gasteiger partial charge is 0.389 e. The van der Waals surface area contributed by atoms with Gasteiger partial charge in [-0.3, -0.25) is 4.79 Å². The first-order valence-electron chi connectivity index (χ1n) is 7.37. The Morgan fingerprint density at radius 1 is 1.18 bits per heavy atom. The molecule has 2 rings (SSSR count). The molecule has 122 valence electrons. The fraction of sp³-hybridized carbons (Fsp3) is 0.533. The summed E-state index contributed by atoms with van der Waals surface area (Å²) < 4.78 is 22.0. The van der Waals surface area contributed by atoms with Crippen molar-refractivity contribution in [3.8, 4) is 0 Å². The number of anilines is 1. The number of amides is 1. The fourth-order valence-electron chi connectivity index (χ4n) is 2.81. The van der Waals surface area contributed by atoms with Crippen LogP contribution in [-0.4, -0.2) is 25.0 Å². The number of benzene rings is 1. The van der Waals surface area contributed by atoms with Crippen LogP contribution in [0.3, 0.4) is 0 Å². The Kier molecular flexibility index (Phi) is 5.20. The maximum absolute atomic E-state index is 12.0. The molecule has 6 nitrogen and oxygen atoms in total. The van der Waals surface area contributed by atoms with E-state index in [0.29, 0.717) is 24.1 Å². The Bertz CT molecular complexity index is 619. The average molecular weight is 326 g/mol. The van der Waals surface area contributed by atoms with Gasteiger partial charge in [0.15, 0.2) is 0 Å². The standard InChI is InChI=1S/C15H22N2O4S/c16-22(20,21)11-12-4-6-13(7-5-12)17-14(18)10-15(19)8-2-1-3-9-15/h4-7,19H,1-3,8-11H2,(H,17,18)(H2,16,20,21). The van der Waals surface area contributed by atoms with Crippen LogP contribution in [0.4, 0.5) is 5.69 Å². The van der Waals surface area contributed by atoms with Gasteiger partial charge in [0.2, 0.25) is 15.9 Å². The van der Waals surface area contributed by atoms with Crippen LogP contribution in [0, 0.1) is 0 Å². The van der Waals surface area contributed by atoms with E-state index in [9.17, 15) is 18.3 Å². The number of rotatable bonds is 5. The first-order chi connectivity index (χ1) is 10.3. The lowest BCUT2D eigenvalue weighted by molar-refractivity contribution is -0.122. The molecule has 0 saturated heterocycles. The van der Waals surface area contributed by atoms with Gasteiger partial charge in [-0.15, -0.1) is 0 Å². The minimum atomic E-state index is -3.56. The second-order valence-electron chi connectivity index (χ2n) is 6.01. The Hall–Kier alpha value is -1.44. The molecule has 0 aromatic heterocycles. The van der Waals surface area contributed by atoms with E-state index in [4.69, 9.17) is 5.14 Å². The fourth-order valence-corrected chi connectivity index (χ4v) is 3.46. The van der Waals surface area contributed by atoms with Gasteiger partial charge in [0, 0.05) is 5.69 Å². The van der Waals surface area contributed by atoms with Crippen LogP contribution in [0.1, 0.15) is 44.1 Å². The van der Waals surface area contributed by atoms with Gasteiger partial charge in [-0.05, 0) is 30.5 Å². The summed E-state index contributed by atoms with van der Waals surface area (Å²) in [6, 6.07) is 6.47. The molecule has 0 atom stereocenters. The quantitative estimate of drug-likeness (QED) is 0.761. The van der Waals surface area contributed by atoms with E-state index in [1.54, 1.807) is 24.3 Å². The van der Waals surface area contributed by atoms with Crippen LogP contribution in [0.25, 0.3) is 0 Å². The summed E-state index contributed by atoms with van der Waals surface area (Å²) in [6.45, 7) is 0. The van der Waals surface area contributed by atoms with E-state index in [1.165, 1.54) is 0 Å². The molecule has 1 aromatic carbocycles. The van der Waals surface area contributed by atoms with Crippen LogP contribution in [-0.2, 0) is 20.6 Å². The maximum atomic E-state index is 12.0. The van der Waals surface area contributed by atoms with Gasteiger partial charge >= 0.3 is 0 Å². The summed E-state index contributed by atoms with van der Waals surface area (Å²) in [6.07, 6.45) is 4.42. The Labute approximate surface area is 130 Å². The van der Waals surface area contributed by atoms with Gasteiger partial charge in [-0.2, -0.15) is 0 Å². The molecule has 7 heteroatoms. The number of primary sulfonamides is 1. The van der Waals surface area contributed by atoms with Crippen LogP contribution < -0.4 is 10.5 Å². The van der Waals surface area contributed by atoms with Crippen molar-refractivity contribution in [3.63, 3.8) is 0 Å². The molecule has 0 spiro atoms. The predicted molar refractivity (Wildman–Crippen MR) is 84.5 cm³/mol. The number of nitrogens with one attached hydrogen (secondary N) is 1. The van der Waals surface area contributed by atoms with Crippen LogP contribution in [0.15, 0.2) is 24.3 Å². The lowest BCUT2D eigenvalue weighted by Crippen LogP contribution is -2.35. The van der Waals surface area contributed by atoms with Gasteiger partial charge in [0.25, 0.3) is 0 Å². The minimum Gasteiger partial charge on any atom is -0.389 e. The number of hydrogen-bond acceptors (Lipinski definition) is 4. The van der Waals surface area contributed by atoms with E-state index in [1.807, 2.05) is 0 Å². The molecule has 0 aliphatic heterocycles. The van der Waals surface area contributed by atoms with Gasteiger partial charge < -0.3 is 10.4 Å². The minimum absolute atomic E-state index is 0.0892. The first kappa shape index (κ1) is 16.9. The molecular formula is C15H22N2O4S. The van der Waals surface area contributed by atoms with Crippen LogP contribution in [0.5, 0.6) is 0 Å². The van der Waals surface area contributed by atoms with Gasteiger partial charge in [0.1, 0.15) is 0 Å². The topological polar surface area (TPSA) is 109 Å². The van der Waals surface area contributed by atoms with Crippen LogP contribution >= 0.6 is 0 Å². The zero-order valence-electron chi connectivity index (χ0n) is 12.4. The van der Waals surface area contributed by atoms with Crippen molar-refractivity contribution in [2.45, 2.75) is 49.9 Å². The predicted octanol–water partition coefficient (Wildman–Crippen LogP) is 1.50. The molecule has 4 N–H and O–H groups in total. The first-order valence-corrected chi connectivity index (χ1v) is 9.09. The lowest BCUT2D eigenvalue weighted by atomic mass is 9.82. The highest BCUT2D eigenvalue weighted by molar-refractivity contribution is 7.88. The molecule has 1 aliphatic rings. The third kappa shape index (κ3) is 5.40. The SMILES string of the molecule is NS(=O)(=O)Cc1ccc(NC(=O)CC2(O)CCCCC2)cc1. The second-order valence-corrected chi connectivity index (χ2v) is 7.63. The van der Waals surface area contributed by atoms with Crippen molar-refractivity contribution >= 4 is 21.6 Å². The number of hydrogen-bond donors (Lipinski definition) is 3. The Balaban J connectivity index is 1.91. The number of carbonyl (C=O) groups is 1. The van der Waals surface area contributed by atoms with Crippen molar-refractivity contribution in [1.29, 1.82) is 0 Å². The lowest BCUT2D eigenvalue weighted by Gasteiger charge is -2.31. The summed E-state index contributed by atoms with van der Waals surface area (Å²) in [5.41, 5.74) is 0.240. The van der Waals surface area contributed by atoms with Crippen molar-refractivity contribution in [1.82, 2.24) is 0 Å². The van der Waals surface area contributed by atoms with Crippen molar-refractivity contribution in [3.05, 3.63) is 29.8 Å². The Morgan fingerprint density at radius 3 is 2.32 bits per heavy atom. The summed E-state index contributed by atoms with van der Waals surface area (Å²) in [7, 11) is -3.56. The molecule has 0 radical (unpaired) electrons. The Morgan fingerprint density at radius 2 is 1.77 bits per heavy atom. The van der Waals surface area contributed by atoms with E-state index in [0.717, 1.165) is 19.3 Å². The normalized spacial score (nSPS) is 17.9. The molecule has 0 unspecified atom stereocenters. The summed E-state index contributed by atoms with van der Waals surface area (Å²) in [5, 5.41) is 18.1. The smallest absolute Gasteiger partial charge is 0.227 e. The molecule has 1 saturated carbocycles. The van der Waals surface area contributed by atoms with E-state index in [2.05, 4.69) is 5.32 Å². The maximum Gasteiger partial charge on any atom is 0.227 e. The molecule has 1 aliphatic carbocycles. The third-order valence-corrected chi connectivity index (χ3v) is 4.62. The van der Waals surface area contributed by atoms with Gasteiger partial charge in [-0.1, -0.05) is 31.4 Å².